The van der Waals surface area contributed by atoms with E-state index in [1.54, 1.807) is 0 Å². The van der Waals surface area contributed by atoms with Gasteiger partial charge in [-0.1, -0.05) is 47.6 Å². The standard InChI is InChI=1S/C19H18ClN3OS/c20-13-8-9-16-17(10-13)23-19(22-16)25-11-18(24)21-15-7-3-5-12-4-1-2-6-14(12)15/h1-2,4,6,8-10,15H,3,5,7,11H2,(H,21,24)(H,22,23)/t15-/m0/s1. The van der Waals surface area contributed by atoms with Crippen LogP contribution in [0.25, 0.3) is 11.0 Å². The Labute approximate surface area is 155 Å². The molecule has 0 unspecified atom stereocenters. The summed E-state index contributed by atoms with van der Waals surface area (Å²) >= 11 is 7.39. The zero-order chi connectivity index (χ0) is 17.2. The Morgan fingerprint density at radius 1 is 1.32 bits per heavy atom. The number of hydrogen-bond donors (Lipinski definition) is 2. The molecule has 1 aromatic heterocycles. The van der Waals surface area contributed by atoms with Crippen molar-refractivity contribution in [1.82, 2.24) is 15.3 Å². The highest BCUT2D eigenvalue weighted by Gasteiger charge is 2.21. The van der Waals surface area contributed by atoms with Crippen LogP contribution in [0.3, 0.4) is 0 Å². The first kappa shape index (κ1) is 16.5. The molecule has 1 atom stereocenters. The predicted molar refractivity (Wildman–Crippen MR) is 102 cm³/mol. The fourth-order valence-corrected chi connectivity index (χ4v) is 4.17. The van der Waals surface area contributed by atoms with Crippen molar-refractivity contribution in [3.63, 3.8) is 0 Å². The molecule has 2 aromatic carbocycles. The Morgan fingerprint density at radius 3 is 3.12 bits per heavy atom. The maximum atomic E-state index is 12.4. The fraction of sp³-hybridized carbons (Fsp3) is 0.263. The average molecular weight is 372 g/mol. The van der Waals surface area contributed by atoms with Crippen LogP contribution in [0.5, 0.6) is 0 Å². The SMILES string of the molecule is O=C(CSc1nc2ccc(Cl)cc2[nH]1)N[C@H]1CCCc2ccccc21. The van der Waals surface area contributed by atoms with Crippen LogP contribution < -0.4 is 5.32 Å². The second-order valence-electron chi connectivity index (χ2n) is 6.20. The molecule has 3 aromatic rings. The van der Waals surface area contributed by atoms with Gasteiger partial charge in [0.1, 0.15) is 0 Å². The van der Waals surface area contributed by atoms with Crippen molar-refractivity contribution in [3.05, 3.63) is 58.6 Å². The smallest absolute Gasteiger partial charge is 0.230 e. The fourth-order valence-electron chi connectivity index (χ4n) is 3.30. The minimum absolute atomic E-state index is 0.0326. The molecule has 0 radical (unpaired) electrons. The molecular formula is C19H18ClN3OS. The number of imidazole rings is 1. The highest BCUT2D eigenvalue weighted by Crippen LogP contribution is 2.29. The van der Waals surface area contributed by atoms with Gasteiger partial charge in [0.15, 0.2) is 5.16 Å². The topological polar surface area (TPSA) is 57.8 Å². The Hall–Kier alpha value is -1.98. The van der Waals surface area contributed by atoms with Crippen LogP contribution in [0.2, 0.25) is 5.02 Å². The quantitative estimate of drug-likeness (QED) is 0.664. The highest BCUT2D eigenvalue weighted by molar-refractivity contribution is 7.99. The van der Waals surface area contributed by atoms with Crippen LogP contribution in [0.15, 0.2) is 47.6 Å². The number of aryl methyl sites for hydroxylation is 1. The molecule has 0 saturated heterocycles. The van der Waals surface area contributed by atoms with Gasteiger partial charge in [0, 0.05) is 5.02 Å². The maximum absolute atomic E-state index is 12.4. The van der Waals surface area contributed by atoms with Gasteiger partial charge in [-0.3, -0.25) is 4.79 Å². The second kappa shape index (κ2) is 7.10. The third kappa shape index (κ3) is 3.67. The summed E-state index contributed by atoms with van der Waals surface area (Å²) in [7, 11) is 0. The molecule has 0 saturated carbocycles. The first-order chi connectivity index (χ1) is 12.2. The number of carbonyl (C=O) groups excluding carboxylic acids is 1. The van der Waals surface area contributed by atoms with Crippen LogP contribution in [-0.2, 0) is 11.2 Å². The summed E-state index contributed by atoms with van der Waals surface area (Å²) in [4.78, 5) is 20.0. The third-order valence-electron chi connectivity index (χ3n) is 4.47. The number of aromatic amines is 1. The van der Waals surface area contributed by atoms with Crippen molar-refractivity contribution in [1.29, 1.82) is 0 Å². The van der Waals surface area contributed by atoms with E-state index in [1.165, 1.54) is 22.9 Å². The summed E-state index contributed by atoms with van der Waals surface area (Å²) in [6.45, 7) is 0. The number of benzene rings is 2. The Balaban J connectivity index is 1.39. The summed E-state index contributed by atoms with van der Waals surface area (Å²) in [6.07, 6.45) is 3.20. The van der Waals surface area contributed by atoms with E-state index >= 15 is 0 Å². The number of aromatic nitrogens is 2. The van der Waals surface area contributed by atoms with E-state index in [0.29, 0.717) is 10.8 Å². The van der Waals surface area contributed by atoms with E-state index in [9.17, 15) is 4.79 Å². The summed E-state index contributed by atoms with van der Waals surface area (Å²) < 4.78 is 0. The largest absolute Gasteiger partial charge is 0.349 e. The lowest BCUT2D eigenvalue weighted by molar-refractivity contribution is -0.119. The lowest BCUT2D eigenvalue weighted by Gasteiger charge is -2.26. The Kier molecular flexibility index (Phi) is 4.68. The van der Waals surface area contributed by atoms with Gasteiger partial charge < -0.3 is 10.3 Å². The Morgan fingerprint density at radius 2 is 2.20 bits per heavy atom. The van der Waals surface area contributed by atoms with Crippen LogP contribution in [0.4, 0.5) is 0 Å². The van der Waals surface area contributed by atoms with Crippen LogP contribution in [-0.4, -0.2) is 21.6 Å². The van der Waals surface area contributed by atoms with Gasteiger partial charge in [0.05, 0.1) is 22.8 Å². The van der Waals surface area contributed by atoms with Gasteiger partial charge in [-0.25, -0.2) is 4.98 Å². The van der Waals surface area contributed by atoms with Gasteiger partial charge in [0.2, 0.25) is 5.91 Å². The van der Waals surface area contributed by atoms with E-state index in [2.05, 4.69) is 33.5 Å². The van der Waals surface area contributed by atoms with Crippen LogP contribution in [0, 0.1) is 0 Å². The van der Waals surface area contributed by atoms with Gasteiger partial charge in [0.25, 0.3) is 0 Å². The van der Waals surface area contributed by atoms with Gasteiger partial charge in [-0.05, 0) is 48.6 Å². The molecule has 4 rings (SSSR count). The molecule has 1 heterocycles. The number of amides is 1. The molecule has 2 N–H and O–H groups in total. The number of thioether (sulfide) groups is 1. The van der Waals surface area contributed by atoms with Crippen molar-refractivity contribution in [3.8, 4) is 0 Å². The van der Waals surface area contributed by atoms with E-state index in [0.717, 1.165) is 35.5 Å². The number of rotatable bonds is 4. The van der Waals surface area contributed by atoms with Crippen LogP contribution in [0.1, 0.15) is 30.0 Å². The first-order valence-corrected chi connectivity index (χ1v) is 9.70. The monoisotopic (exact) mass is 371 g/mol. The molecule has 0 aliphatic heterocycles. The van der Waals surface area contributed by atoms with Crippen molar-refractivity contribution in [2.75, 3.05) is 5.75 Å². The van der Waals surface area contributed by atoms with E-state index < -0.39 is 0 Å². The number of nitrogens with one attached hydrogen (secondary N) is 2. The lowest BCUT2D eigenvalue weighted by atomic mass is 9.88. The number of H-pyrrole nitrogens is 1. The number of carbonyl (C=O) groups is 1. The first-order valence-electron chi connectivity index (χ1n) is 8.34. The maximum Gasteiger partial charge on any atom is 0.230 e. The summed E-state index contributed by atoms with van der Waals surface area (Å²) in [6, 6.07) is 14.0. The highest BCUT2D eigenvalue weighted by atomic mass is 35.5. The molecule has 0 bridgehead atoms. The van der Waals surface area contributed by atoms with Gasteiger partial charge >= 0.3 is 0 Å². The zero-order valence-electron chi connectivity index (χ0n) is 13.6. The van der Waals surface area contributed by atoms with Crippen molar-refractivity contribution >= 4 is 40.3 Å². The minimum atomic E-state index is 0.0326. The summed E-state index contributed by atoms with van der Waals surface area (Å²) in [5.41, 5.74) is 4.34. The summed E-state index contributed by atoms with van der Waals surface area (Å²) in [5.74, 6) is 0.372. The molecule has 0 spiro atoms. The molecular weight excluding hydrogens is 354 g/mol. The van der Waals surface area contributed by atoms with Crippen molar-refractivity contribution in [2.45, 2.75) is 30.5 Å². The zero-order valence-corrected chi connectivity index (χ0v) is 15.2. The van der Waals surface area contributed by atoms with Crippen molar-refractivity contribution < 1.29 is 4.79 Å². The Bertz CT molecular complexity index is 924. The predicted octanol–water partition coefficient (Wildman–Crippen LogP) is 4.50. The van der Waals surface area contributed by atoms with E-state index in [4.69, 9.17) is 11.6 Å². The average Bonchev–Trinajstić information content (AvgIpc) is 3.02. The molecule has 6 heteroatoms. The van der Waals surface area contributed by atoms with Crippen molar-refractivity contribution in [2.24, 2.45) is 0 Å². The minimum Gasteiger partial charge on any atom is -0.349 e. The van der Waals surface area contributed by atoms with Crippen LogP contribution >= 0.6 is 23.4 Å². The van der Waals surface area contributed by atoms with E-state index in [1.807, 2.05) is 24.3 Å². The molecule has 128 valence electrons. The summed E-state index contributed by atoms with van der Waals surface area (Å²) in [5, 5.41) is 4.57. The number of halogens is 1. The molecule has 25 heavy (non-hydrogen) atoms. The number of hydrogen-bond acceptors (Lipinski definition) is 3. The molecule has 1 amide bonds. The van der Waals surface area contributed by atoms with Gasteiger partial charge in [-0.15, -0.1) is 0 Å². The number of nitrogens with zero attached hydrogens (tertiary/aromatic N) is 1. The van der Waals surface area contributed by atoms with Gasteiger partial charge in [-0.2, -0.15) is 0 Å². The normalized spacial score (nSPS) is 16.6. The molecule has 1 aliphatic carbocycles. The second-order valence-corrected chi connectivity index (χ2v) is 7.60. The molecule has 1 aliphatic rings. The lowest BCUT2D eigenvalue weighted by Crippen LogP contribution is -2.32. The molecule has 4 nitrogen and oxygen atoms in total. The third-order valence-corrected chi connectivity index (χ3v) is 5.58. The molecule has 0 fully saturated rings. The number of fused-ring (bicyclic) bond motifs is 2. The van der Waals surface area contributed by atoms with E-state index in [-0.39, 0.29) is 11.9 Å².